The molecule has 0 saturated heterocycles. The van der Waals surface area contributed by atoms with Gasteiger partial charge in [0.05, 0.1) is 0 Å². The van der Waals surface area contributed by atoms with Gasteiger partial charge >= 0.3 is 0 Å². The fraction of sp³-hybridized carbons (Fsp3) is 0.333. The number of ether oxygens (including phenoxy) is 1. The Labute approximate surface area is 89.2 Å². The molecule has 80 valence electrons. The third-order valence-corrected chi connectivity index (χ3v) is 1.94. The highest BCUT2D eigenvalue weighted by Gasteiger charge is 2.08. The average molecular weight is 207 g/mol. The zero-order valence-corrected chi connectivity index (χ0v) is 8.88. The minimum atomic E-state index is -0.309. The van der Waals surface area contributed by atoms with Crippen LogP contribution in [-0.2, 0) is 0 Å². The quantitative estimate of drug-likeness (QED) is 0.771. The van der Waals surface area contributed by atoms with Gasteiger partial charge in [-0.3, -0.25) is 0 Å². The first kappa shape index (κ1) is 11.5. The summed E-state index contributed by atoms with van der Waals surface area (Å²) in [6, 6.07) is 4.05. The van der Waals surface area contributed by atoms with E-state index in [4.69, 9.17) is 10.5 Å². The fourth-order valence-electron chi connectivity index (χ4n) is 1.19. The van der Waals surface area contributed by atoms with Gasteiger partial charge in [-0.25, -0.2) is 4.39 Å². The third-order valence-electron chi connectivity index (χ3n) is 1.94. The monoisotopic (exact) mass is 207 g/mol. The van der Waals surface area contributed by atoms with Crippen molar-refractivity contribution in [3.63, 3.8) is 0 Å². The van der Waals surface area contributed by atoms with E-state index in [0.29, 0.717) is 17.9 Å². The summed E-state index contributed by atoms with van der Waals surface area (Å²) in [6.07, 6.45) is 0. The normalized spacial score (nSPS) is 11.5. The third kappa shape index (κ3) is 3.26. The molecule has 0 spiro atoms. The van der Waals surface area contributed by atoms with Gasteiger partial charge < -0.3 is 10.5 Å². The lowest BCUT2D eigenvalue weighted by Gasteiger charge is -2.12. The molecule has 0 heterocycles. The van der Waals surface area contributed by atoms with Crippen molar-refractivity contribution in [2.45, 2.75) is 19.9 Å². The van der Waals surface area contributed by atoms with Gasteiger partial charge in [0.1, 0.15) is 18.2 Å². The molecule has 0 unspecified atom stereocenters. The number of nitrogens with two attached hydrogens (primary N) is 1. The Morgan fingerprint density at radius 1 is 1.53 bits per heavy atom. The molecule has 0 aromatic heterocycles. The first-order valence-corrected chi connectivity index (χ1v) is 4.72. The number of rotatable bonds is 3. The van der Waals surface area contributed by atoms with Crippen molar-refractivity contribution in [3.05, 3.63) is 29.6 Å². The van der Waals surface area contributed by atoms with E-state index in [-0.39, 0.29) is 11.9 Å². The van der Waals surface area contributed by atoms with Crippen LogP contribution in [0, 0.1) is 17.7 Å². The molecular weight excluding hydrogens is 193 g/mol. The minimum Gasteiger partial charge on any atom is -0.481 e. The maximum atomic E-state index is 13.0. The molecule has 0 aliphatic heterocycles. The first-order valence-electron chi connectivity index (χ1n) is 4.72. The van der Waals surface area contributed by atoms with Gasteiger partial charge in [0, 0.05) is 11.6 Å². The predicted molar refractivity (Wildman–Crippen MR) is 57.9 cm³/mol. The molecule has 0 radical (unpaired) electrons. The maximum Gasteiger partial charge on any atom is 0.149 e. The van der Waals surface area contributed by atoms with E-state index < -0.39 is 0 Å². The van der Waals surface area contributed by atoms with Crippen molar-refractivity contribution >= 4 is 0 Å². The smallest absolute Gasteiger partial charge is 0.149 e. The summed E-state index contributed by atoms with van der Waals surface area (Å²) in [5.74, 6) is 5.77. The Morgan fingerprint density at radius 2 is 2.27 bits per heavy atom. The molecular formula is C12H14FNO. The summed E-state index contributed by atoms with van der Waals surface area (Å²) in [5, 5.41) is 0. The van der Waals surface area contributed by atoms with Crippen molar-refractivity contribution in [2.24, 2.45) is 5.73 Å². The van der Waals surface area contributed by atoms with Crippen molar-refractivity contribution < 1.29 is 9.13 Å². The number of halogens is 1. The summed E-state index contributed by atoms with van der Waals surface area (Å²) >= 11 is 0. The van der Waals surface area contributed by atoms with E-state index >= 15 is 0 Å². The average Bonchev–Trinajstić information content (AvgIpc) is 2.20. The van der Waals surface area contributed by atoms with Gasteiger partial charge in [-0.1, -0.05) is 5.92 Å². The van der Waals surface area contributed by atoms with Crippen LogP contribution in [0.15, 0.2) is 18.2 Å². The molecule has 1 aromatic carbocycles. The van der Waals surface area contributed by atoms with Crippen LogP contribution >= 0.6 is 0 Å². The van der Waals surface area contributed by atoms with Gasteiger partial charge in [-0.05, 0) is 32.0 Å². The van der Waals surface area contributed by atoms with Crippen LogP contribution in [-0.4, -0.2) is 6.61 Å². The van der Waals surface area contributed by atoms with Gasteiger partial charge in [0.2, 0.25) is 0 Å². The highest BCUT2D eigenvalue weighted by Crippen LogP contribution is 2.24. The minimum absolute atomic E-state index is 0.259. The Balaban J connectivity index is 2.89. The van der Waals surface area contributed by atoms with E-state index in [1.165, 1.54) is 12.1 Å². The second-order valence-corrected chi connectivity index (χ2v) is 3.19. The molecule has 1 rings (SSSR count). The molecule has 3 heteroatoms. The molecule has 0 aliphatic carbocycles. The topological polar surface area (TPSA) is 35.2 Å². The molecule has 1 aromatic rings. The van der Waals surface area contributed by atoms with Crippen LogP contribution < -0.4 is 10.5 Å². The summed E-state index contributed by atoms with van der Waals surface area (Å²) < 4.78 is 18.3. The largest absolute Gasteiger partial charge is 0.481 e. The van der Waals surface area contributed by atoms with Crippen LogP contribution in [0.5, 0.6) is 5.75 Å². The molecule has 15 heavy (non-hydrogen) atoms. The Bertz CT molecular complexity index is 390. The standard InChI is InChI=1S/C12H14FNO/c1-3-4-7-15-12-6-5-10(13)8-11(12)9(2)14/h5-6,8-9H,7,14H2,1-2H3/t9-/m0/s1. The highest BCUT2D eigenvalue weighted by atomic mass is 19.1. The van der Waals surface area contributed by atoms with Gasteiger partial charge in [0.25, 0.3) is 0 Å². The summed E-state index contributed by atoms with van der Waals surface area (Å²) in [5.41, 5.74) is 6.37. The Hall–Kier alpha value is -1.53. The van der Waals surface area contributed by atoms with Crippen LogP contribution in [0.4, 0.5) is 4.39 Å². The van der Waals surface area contributed by atoms with Crippen LogP contribution in [0.3, 0.4) is 0 Å². The molecule has 0 aliphatic rings. The maximum absolute atomic E-state index is 13.0. The Kier molecular flexibility index (Phi) is 4.14. The van der Waals surface area contributed by atoms with Crippen molar-refractivity contribution in [3.8, 4) is 17.6 Å². The van der Waals surface area contributed by atoms with E-state index in [1.54, 1.807) is 19.9 Å². The van der Waals surface area contributed by atoms with Crippen molar-refractivity contribution in [1.29, 1.82) is 0 Å². The van der Waals surface area contributed by atoms with E-state index in [0.717, 1.165) is 0 Å². The van der Waals surface area contributed by atoms with Crippen LogP contribution in [0.2, 0.25) is 0 Å². The van der Waals surface area contributed by atoms with E-state index in [1.807, 2.05) is 0 Å². The lowest BCUT2D eigenvalue weighted by molar-refractivity contribution is 0.363. The zero-order valence-electron chi connectivity index (χ0n) is 8.88. The van der Waals surface area contributed by atoms with Gasteiger partial charge in [-0.2, -0.15) is 0 Å². The SMILES string of the molecule is CC#CCOc1ccc(F)cc1[C@H](C)N. The fourth-order valence-corrected chi connectivity index (χ4v) is 1.19. The second kappa shape index (κ2) is 5.38. The van der Waals surface area contributed by atoms with Crippen LogP contribution in [0.1, 0.15) is 25.5 Å². The van der Waals surface area contributed by atoms with Crippen molar-refractivity contribution in [1.82, 2.24) is 0 Å². The van der Waals surface area contributed by atoms with Gasteiger partial charge in [0.15, 0.2) is 0 Å². The molecule has 0 fully saturated rings. The summed E-state index contributed by atoms with van der Waals surface area (Å²) in [7, 11) is 0. The number of hydrogen-bond donors (Lipinski definition) is 1. The molecule has 0 amide bonds. The highest BCUT2D eigenvalue weighted by molar-refractivity contribution is 5.36. The number of hydrogen-bond acceptors (Lipinski definition) is 2. The second-order valence-electron chi connectivity index (χ2n) is 3.19. The molecule has 1 atom stereocenters. The van der Waals surface area contributed by atoms with Crippen LogP contribution in [0.25, 0.3) is 0 Å². The molecule has 0 saturated carbocycles. The molecule has 2 nitrogen and oxygen atoms in total. The summed E-state index contributed by atoms with van der Waals surface area (Å²) in [4.78, 5) is 0. The van der Waals surface area contributed by atoms with E-state index in [2.05, 4.69) is 11.8 Å². The summed E-state index contributed by atoms with van der Waals surface area (Å²) in [6.45, 7) is 3.81. The number of benzene rings is 1. The molecule has 2 N–H and O–H groups in total. The first-order chi connectivity index (χ1) is 7.15. The van der Waals surface area contributed by atoms with Gasteiger partial charge in [-0.15, -0.1) is 5.92 Å². The molecule has 0 bridgehead atoms. The van der Waals surface area contributed by atoms with E-state index in [9.17, 15) is 4.39 Å². The van der Waals surface area contributed by atoms with Crippen molar-refractivity contribution in [2.75, 3.05) is 6.61 Å². The zero-order chi connectivity index (χ0) is 11.3. The lowest BCUT2D eigenvalue weighted by Crippen LogP contribution is -2.08. The predicted octanol–water partition coefficient (Wildman–Crippen LogP) is 2.25. The lowest BCUT2D eigenvalue weighted by atomic mass is 10.1. The Morgan fingerprint density at radius 3 is 2.87 bits per heavy atom.